The van der Waals surface area contributed by atoms with Gasteiger partial charge in [-0.25, -0.2) is 0 Å². The topological polar surface area (TPSA) is 30.5 Å². The fraction of sp³-hybridized carbons (Fsp3) is 0.625. The van der Waals surface area contributed by atoms with Crippen molar-refractivity contribution in [3.8, 4) is 11.5 Å². The maximum atomic E-state index is 5.43. The Hall–Kier alpha value is -1.22. The third kappa shape index (κ3) is 2.57. The van der Waals surface area contributed by atoms with Gasteiger partial charge in [-0.1, -0.05) is 6.42 Å². The molecule has 2 bridgehead atoms. The number of nitrogens with one attached hydrogen (secondary N) is 1. The molecule has 104 valence electrons. The van der Waals surface area contributed by atoms with Crippen LogP contribution in [0.25, 0.3) is 0 Å². The fourth-order valence-corrected chi connectivity index (χ4v) is 3.76. The van der Waals surface area contributed by atoms with Gasteiger partial charge in [0.1, 0.15) is 11.5 Å². The Kier molecular flexibility index (Phi) is 3.65. The van der Waals surface area contributed by atoms with E-state index in [0.717, 1.165) is 29.9 Å². The summed E-state index contributed by atoms with van der Waals surface area (Å²) in [5.41, 5.74) is 1.18. The van der Waals surface area contributed by atoms with Gasteiger partial charge >= 0.3 is 0 Å². The molecule has 0 heterocycles. The van der Waals surface area contributed by atoms with E-state index in [9.17, 15) is 0 Å². The van der Waals surface area contributed by atoms with E-state index in [1.54, 1.807) is 14.2 Å². The Bertz CT molecular complexity index is 446. The standard InChI is InChI=1S/C16H23NO2/c1-18-14-5-6-16(19-2)13(9-14)10-17-15-8-11-3-4-12(15)7-11/h5-6,9,11-12,15,17H,3-4,7-8,10H2,1-2H3. The van der Waals surface area contributed by atoms with Gasteiger partial charge in [0.15, 0.2) is 0 Å². The van der Waals surface area contributed by atoms with Crippen LogP contribution in [0.2, 0.25) is 0 Å². The summed E-state index contributed by atoms with van der Waals surface area (Å²) in [7, 11) is 3.43. The normalized spacial score (nSPS) is 28.6. The largest absolute Gasteiger partial charge is 0.497 e. The molecule has 0 saturated heterocycles. The summed E-state index contributed by atoms with van der Waals surface area (Å²) in [6.45, 7) is 0.869. The fourth-order valence-electron chi connectivity index (χ4n) is 3.76. The lowest BCUT2D eigenvalue weighted by Gasteiger charge is -2.23. The third-order valence-corrected chi connectivity index (χ3v) is 4.78. The Morgan fingerprint density at radius 3 is 2.68 bits per heavy atom. The lowest BCUT2D eigenvalue weighted by molar-refractivity contribution is 0.345. The van der Waals surface area contributed by atoms with E-state index in [0.29, 0.717) is 6.04 Å². The van der Waals surface area contributed by atoms with E-state index in [1.165, 1.54) is 31.2 Å². The molecule has 0 radical (unpaired) electrons. The highest BCUT2D eigenvalue weighted by Gasteiger charge is 2.39. The van der Waals surface area contributed by atoms with Gasteiger partial charge in [-0.3, -0.25) is 0 Å². The lowest BCUT2D eigenvalue weighted by atomic mass is 9.95. The van der Waals surface area contributed by atoms with Crippen molar-refractivity contribution in [1.29, 1.82) is 0 Å². The number of hydrogen-bond donors (Lipinski definition) is 1. The van der Waals surface area contributed by atoms with Crippen LogP contribution in [0.15, 0.2) is 18.2 Å². The maximum absolute atomic E-state index is 5.43. The Morgan fingerprint density at radius 1 is 1.16 bits per heavy atom. The molecule has 3 atom stereocenters. The van der Waals surface area contributed by atoms with Gasteiger partial charge in [-0.05, 0) is 49.3 Å². The SMILES string of the molecule is COc1ccc(OC)c(CNC2CC3CCC2C3)c1. The highest BCUT2D eigenvalue weighted by atomic mass is 16.5. The van der Waals surface area contributed by atoms with Crippen molar-refractivity contribution in [3.05, 3.63) is 23.8 Å². The molecule has 0 spiro atoms. The van der Waals surface area contributed by atoms with E-state index >= 15 is 0 Å². The Morgan fingerprint density at radius 2 is 2.05 bits per heavy atom. The maximum Gasteiger partial charge on any atom is 0.123 e. The van der Waals surface area contributed by atoms with Crippen molar-refractivity contribution in [3.63, 3.8) is 0 Å². The second-order valence-electron chi connectivity index (χ2n) is 5.84. The molecule has 1 N–H and O–H groups in total. The summed E-state index contributed by atoms with van der Waals surface area (Å²) in [6.07, 6.45) is 5.66. The number of rotatable bonds is 5. The summed E-state index contributed by atoms with van der Waals surface area (Å²) < 4.78 is 10.7. The zero-order chi connectivity index (χ0) is 13.2. The molecule has 1 aromatic carbocycles. The predicted octanol–water partition coefficient (Wildman–Crippen LogP) is 2.98. The average molecular weight is 261 g/mol. The van der Waals surface area contributed by atoms with E-state index in [-0.39, 0.29) is 0 Å². The van der Waals surface area contributed by atoms with Gasteiger partial charge in [0.25, 0.3) is 0 Å². The van der Waals surface area contributed by atoms with Crippen LogP contribution in [0.1, 0.15) is 31.2 Å². The highest BCUT2D eigenvalue weighted by Crippen LogP contribution is 2.44. The number of benzene rings is 1. The summed E-state index contributed by atoms with van der Waals surface area (Å²) in [6, 6.07) is 6.70. The van der Waals surface area contributed by atoms with Crippen LogP contribution in [-0.4, -0.2) is 20.3 Å². The number of methoxy groups -OCH3 is 2. The van der Waals surface area contributed by atoms with Crippen molar-refractivity contribution in [1.82, 2.24) is 5.32 Å². The van der Waals surface area contributed by atoms with Crippen LogP contribution in [-0.2, 0) is 6.54 Å². The van der Waals surface area contributed by atoms with E-state index in [2.05, 4.69) is 11.4 Å². The molecular formula is C16H23NO2. The van der Waals surface area contributed by atoms with Crippen molar-refractivity contribution in [2.45, 2.75) is 38.3 Å². The first-order valence-corrected chi connectivity index (χ1v) is 7.24. The quantitative estimate of drug-likeness (QED) is 0.884. The van der Waals surface area contributed by atoms with Crippen molar-refractivity contribution in [2.24, 2.45) is 11.8 Å². The van der Waals surface area contributed by atoms with Crippen LogP contribution >= 0.6 is 0 Å². The van der Waals surface area contributed by atoms with Crippen LogP contribution in [0, 0.1) is 11.8 Å². The van der Waals surface area contributed by atoms with E-state index < -0.39 is 0 Å². The van der Waals surface area contributed by atoms with Crippen LogP contribution in [0.5, 0.6) is 11.5 Å². The highest BCUT2D eigenvalue weighted by molar-refractivity contribution is 5.40. The Balaban J connectivity index is 1.65. The first kappa shape index (κ1) is 12.8. The predicted molar refractivity (Wildman–Crippen MR) is 75.6 cm³/mol. The smallest absolute Gasteiger partial charge is 0.123 e. The van der Waals surface area contributed by atoms with Crippen LogP contribution < -0.4 is 14.8 Å². The summed E-state index contributed by atoms with van der Waals surface area (Å²) in [5, 5.41) is 3.72. The van der Waals surface area contributed by atoms with Gasteiger partial charge in [0.2, 0.25) is 0 Å². The molecule has 3 unspecified atom stereocenters. The lowest BCUT2D eigenvalue weighted by Crippen LogP contribution is -2.33. The van der Waals surface area contributed by atoms with Crippen LogP contribution in [0.4, 0.5) is 0 Å². The van der Waals surface area contributed by atoms with Crippen molar-refractivity contribution in [2.75, 3.05) is 14.2 Å². The van der Waals surface area contributed by atoms with Gasteiger partial charge in [0, 0.05) is 18.2 Å². The van der Waals surface area contributed by atoms with Gasteiger partial charge in [-0.15, -0.1) is 0 Å². The minimum absolute atomic E-state index is 0.703. The number of ether oxygens (including phenoxy) is 2. The van der Waals surface area contributed by atoms with E-state index in [1.807, 2.05) is 12.1 Å². The zero-order valence-electron chi connectivity index (χ0n) is 11.8. The first-order chi connectivity index (χ1) is 9.30. The molecule has 19 heavy (non-hydrogen) atoms. The zero-order valence-corrected chi connectivity index (χ0v) is 11.8. The molecule has 0 aromatic heterocycles. The van der Waals surface area contributed by atoms with Gasteiger partial charge < -0.3 is 14.8 Å². The molecule has 2 aliphatic carbocycles. The third-order valence-electron chi connectivity index (χ3n) is 4.78. The van der Waals surface area contributed by atoms with Crippen molar-refractivity contribution >= 4 is 0 Å². The van der Waals surface area contributed by atoms with Crippen LogP contribution in [0.3, 0.4) is 0 Å². The molecule has 3 rings (SSSR count). The molecule has 3 heteroatoms. The molecule has 1 aromatic rings. The second-order valence-corrected chi connectivity index (χ2v) is 5.84. The molecule has 2 saturated carbocycles. The molecule has 0 aliphatic heterocycles. The van der Waals surface area contributed by atoms with Gasteiger partial charge in [0.05, 0.1) is 14.2 Å². The molecule has 2 fully saturated rings. The van der Waals surface area contributed by atoms with Crippen molar-refractivity contribution < 1.29 is 9.47 Å². The minimum Gasteiger partial charge on any atom is -0.497 e. The monoisotopic (exact) mass is 261 g/mol. The first-order valence-electron chi connectivity index (χ1n) is 7.24. The molecule has 3 nitrogen and oxygen atoms in total. The number of fused-ring (bicyclic) bond motifs is 2. The minimum atomic E-state index is 0.703. The average Bonchev–Trinajstić information content (AvgIpc) is 3.07. The summed E-state index contributed by atoms with van der Waals surface area (Å²) in [5.74, 6) is 3.72. The second kappa shape index (κ2) is 5.41. The number of hydrogen-bond acceptors (Lipinski definition) is 3. The van der Waals surface area contributed by atoms with E-state index in [4.69, 9.17) is 9.47 Å². The molecular weight excluding hydrogens is 238 g/mol. The summed E-state index contributed by atoms with van der Waals surface area (Å²) in [4.78, 5) is 0. The summed E-state index contributed by atoms with van der Waals surface area (Å²) >= 11 is 0. The Labute approximate surface area is 115 Å². The van der Waals surface area contributed by atoms with Gasteiger partial charge in [-0.2, -0.15) is 0 Å². The molecule has 0 amide bonds. The molecule has 2 aliphatic rings.